The molecule has 1 atom stereocenters. The van der Waals surface area contributed by atoms with Crippen molar-refractivity contribution < 1.29 is 9.53 Å². The van der Waals surface area contributed by atoms with Gasteiger partial charge in [0.1, 0.15) is 6.61 Å². The van der Waals surface area contributed by atoms with Crippen molar-refractivity contribution in [3.63, 3.8) is 0 Å². The van der Waals surface area contributed by atoms with Gasteiger partial charge in [0.05, 0.1) is 5.56 Å². The van der Waals surface area contributed by atoms with E-state index in [4.69, 9.17) is 4.74 Å². The number of hydrogen-bond acceptors (Lipinski definition) is 4. The maximum atomic E-state index is 12.1. The molecule has 25 heavy (non-hydrogen) atoms. The summed E-state index contributed by atoms with van der Waals surface area (Å²) in [5.74, 6) is -0.247. The number of nitrogens with zero attached hydrogens (tertiary/aromatic N) is 1. The predicted octanol–water partition coefficient (Wildman–Crippen LogP) is 4.64. The molecule has 0 aliphatic carbocycles. The van der Waals surface area contributed by atoms with Gasteiger partial charge in [-0.3, -0.25) is 0 Å². The fraction of sp³-hybridized carbons (Fsp3) is 0.667. The number of anilines is 1. The Hall–Kier alpha value is -1.55. The summed E-state index contributed by atoms with van der Waals surface area (Å²) in [6, 6.07) is 8.14. The molecule has 1 rings (SSSR count). The van der Waals surface area contributed by atoms with Crippen LogP contribution in [-0.2, 0) is 4.74 Å². The van der Waals surface area contributed by atoms with Gasteiger partial charge in [-0.15, -0.1) is 0 Å². The number of carbonyl (C=O) groups is 1. The molecule has 1 aromatic carbocycles. The lowest BCUT2D eigenvalue weighted by Crippen LogP contribution is -2.30. The summed E-state index contributed by atoms with van der Waals surface area (Å²) in [6.45, 7) is 11.7. The summed E-state index contributed by atoms with van der Waals surface area (Å²) in [5, 5.41) is 3.42. The largest absolute Gasteiger partial charge is 0.461 e. The van der Waals surface area contributed by atoms with Crippen LogP contribution in [0.2, 0.25) is 0 Å². The Labute approximate surface area is 153 Å². The highest BCUT2D eigenvalue weighted by Gasteiger charge is 2.09. The fourth-order valence-corrected chi connectivity index (χ4v) is 2.91. The molecule has 0 saturated carbocycles. The first-order chi connectivity index (χ1) is 12.1. The summed E-state index contributed by atoms with van der Waals surface area (Å²) in [6.07, 6.45) is 6.34. The molecule has 4 nitrogen and oxygen atoms in total. The van der Waals surface area contributed by atoms with E-state index in [1.54, 1.807) is 0 Å². The Kier molecular flexibility index (Phi) is 11.0. The van der Waals surface area contributed by atoms with Gasteiger partial charge in [0, 0.05) is 31.4 Å². The minimum Gasteiger partial charge on any atom is -0.461 e. The number of nitrogens with one attached hydrogen (secondary N) is 1. The third kappa shape index (κ3) is 8.39. The molecule has 1 aromatic rings. The summed E-state index contributed by atoms with van der Waals surface area (Å²) in [5.41, 5.74) is 1.75. The fourth-order valence-electron chi connectivity index (χ4n) is 2.91. The highest BCUT2D eigenvalue weighted by molar-refractivity contribution is 5.89. The minimum atomic E-state index is -0.247. The average Bonchev–Trinajstić information content (AvgIpc) is 2.64. The van der Waals surface area contributed by atoms with Crippen molar-refractivity contribution in [2.75, 3.05) is 31.1 Å². The van der Waals surface area contributed by atoms with Crippen LogP contribution in [0.3, 0.4) is 0 Å². The van der Waals surface area contributed by atoms with Gasteiger partial charge >= 0.3 is 5.97 Å². The number of ether oxygens (including phenoxy) is 1. The van der Waals surface area contributed by atoms with Crippen LogP contribution in [-0.4, -0.2) is 38.3 Å². The van der Waals surface area contributed by atoms with Crippen LogP contribution >= 0.6 is 0 Å². The molecular weight excluding hydrogens is 312 g/mol. The molecule has 0 heterocycles. The Morgan fingerprint density at radius 1 is 1.08 bits per heavy atom. The first-order valence-electron chi connectivity index (χ1n) is 9.87. The van der Waals surface area contributed by atoms with Gasteiger partial charge in [-0.2, -0.15) is 0 Å². The maximum absolute atomic E-state index is 12.1. The van der Waals surface area contributed by atoms with Crippen molar-refractivity contribution >= 4 is 11.7 Å². The van der Waals surface area contributed by atoms with Crippen LogP contribution in [0.4, 0.5) is 5.69 Å². The zero-order chi connectivity index (χ0) is 18.5. The first kappa shape index (κ1) is 21.5. The van der Waals surface area contributed by atoms with E-state index in [1.165, 1.54) is 32.1 Å². The summed E-state index contributed by atoms with van der Waals surface area (Å²) >= 11 is 0. The Balaban J connectivity index is 2.26. The van der Waals surface area contributed by atoms with E-state index in [9.17, 15) is 4.79 Å². The van der Waals surface area contributed by atoms with Crippen molar-refractivity contribution in [2.24, 2.45) is 0 Å². The van der Waals surface area contributed by atoms with Gasteiger partial charge in [0.2, 0.25) is 0 Å². The Bertz CT molecular complexity index is 469. The van der Waals surface area contributed by atoms with Gasteiger partial charge in [0.15, 0.2) is 0 Å². The standard InChI is InChI=1S/C21H36N2O2/c1-5-8-9-10-11-18(4)22-16-17-25-21(24)19-12-14-20(15-13-19)23(6-2)7-3/h12-15,18,22H,5-11,16-17H2,1-4H3. The molecular formula is C21H36N2O2. The number of unbranched alkanes of at least 4 members (excludes halogenated alkanes) is 3. The summed E-state index contributed by atoms with van der Waals surface area (Å²) in [7, 11) is 0. The average molecular weight is 349 g/mol. The molecule has 4 heteroatoms. The van der Waals surface area contributed by atoms with Crippen molar-refractivity contribution in [1.82, 2.24) is 5.32 Å². The van der Waals surface area contributed by atoms with E-state index in [0.717, 1.165) is 18.8 Å². The summed E-state index contributed by atoms with van der Waals surface area (Å²) in [4.78, 5) is 14.3. The van der Waals surface area contributed by atoms with E-state index in [1.807, 2.05) is 24.3 Å². The molecule has 0 amide bonds. The van der Waals surface area contributed by atoms with Crippen LogP contribution in [0.1, 0.15) is 70.2 Å². The highest BCUT2D eigenvalue weighted by atomic mass is 16.5. The van der Waals surface area contributed by atoms with Crippen molar-refractivity contribution in [3.05, 3.63) is 29.8 Å². The van der Waals surface area contributed by atoms with Gasteiger partial charge in [-0.05, 0) is 51.5 Å². The second kappa shape index (κ2) is 12.8. The van der Waals surface area contributed by atoms with Crippen molar-refractivity contribution in [2.45, 2.75) is 65.8 Å². The third-order valence-electron chi connectivity index (χ3n) is 4.55. The van der Waals surface area contributed by atoms with Crippen LogP contribution < -0.4 is 10.2 Å². The molecule has 1 N–H and O–H groups in total. The topological polar surface area (TPSA) is 41.6 Å². The number of hydrogen-bond donors (Lipinski definition) is 1. The third-order valence-corrected chi connectivity index (χ3v) is 4.55. The first-order valence-corrected chi connectivity index (χ1v) is 9.87. The lowest BCUT2D eigenvalue weighted by atomic mass is 10.1. The monoisotopic (exact) mass is 348 g/mol. The molecule has 0 aromatic heterocycles. The normalized spacial score (nSPS) is 12.0. The number of benzene rings is 1. The van der Waals surface area contributed by atoms with E-state index in [2.05, 4.69) is 37.9 Å². The number of esters is 1. The lowest BCUT2D eigenvalue weighted by molar-refractivity contribution is 0.0506. The minimum absolute atomic E-state index is 0.247. The van der Waals surface area contributed by atoms with E-state index in [-0.39, 0.29) is 5.97 Å². The molecule has 0 radical (unpaired) electrons. The smallest absolute Gasteiger partial charge is 0.338 e. The zero-order valence-electron chi connectivity index (χ0n) is 16.5. The van der Waals surface area contributed by atoms with E-state index < -0.39 is 0 Å². The van der Waals surface area contributed by atoms with Crippen LogP contribution in [0.25, 0.3) is 0 Å². The van der Waals surface area contributed by atoms with Gasteiger partial charge in [-0.1, -0.05) is 32.6 Å². The van der Waals surface area contributed by atoms with Gasteiger partial charge in [0.25, 0.3) is 0 Å². The second-order valence-electron chi connectivity index (χ2n) is 6.56. The molecule has 0 aliphatic rings. The Morgan fingerprint density at radius 2 is 1.76 bits per heavy atom. The van der Waals surface area contributed by atoms with Crippen LogP contribution in [0.15, 0.2) is 24.3 Å². The molecule has 0 aliphatic heterocycles. The highest BCUT2D eigenvalue weighted by Crippen LogP contribution is 2.15. The predicted molar refractivity (Wildman–Crippen MR) is 107 cm³/mol. The number of rotatable bonds is 13. The molecule has 0 bridgehead atoms. The van der Waals surface area contributed by atoms with Gasteiger partial charge in [-0.25, -0.2) is 4.79 Å². The number of carbonyl (C=O) groups excluding carboxylic acids is 1. The van der Waals surface area contributed by atoms with Crippen LogP contribution in [0.5, 0.6) is 0 Å². The molecule has 0 spiro atoms. The van der Waals surface area contributed by atoms with Crippen molar-refractivity contribution in [1.29, 1.82) is 0 Å². The maximum Gasteiger partial charge on any atom is 0.338 e. The van der Waals surface area contributed by atoms with E-state index in [0.29, 0.717) is 24.8 Å². The zero-order valence-corrected chi connectivity index (χ0v) is 16.5. The molecule has 0 fully saturated rings. The SMILES string of the molecule is CCCCCCC(C)NCCOC(=O)c1ccc(N(CC)CC)cc1. The lowest BCUT2D eigenvalue weighted by Gasteiger charge is -2.21. The second-order valence-corrected chi connectivity index (χ2v) is 6.56. The van der Waals surface area contributed by atoms with Gasteiger partial charge < -0.3 is 15.0 Å². The Morgan fingerprint density at radius 3 is 2.36 bits per heavy atom. The van der Waals surface area contributed by atoms with E-state index >= 15 is 0 Å². The summed E-state index contributed by atoms with van der Waals surface area (Å²) < 4.78 is 5.36. The van der Waals surface area contributed by atoms with Crippen molar-refractivity contribution in [3.8, 4) is 0 Å². The molecule has 1 unspecified atom stereocenters. The quantitative estimate of drug-likeness (QED) is 0.416. The van der Waals surface area contributed by atoms with Crippen LogP contribution in [0, 0.1) is 0 Å². The molecule has 0 saturated heterocycles. The molecule has 142 valence electrons.